The van der Waals surface area contributed by atoms with Crippen LogP contribution < -0.4 is 10.6 Å². The highest BCUT2D eigenvalue weighted by molar-refractivity contribution is 5.81. The first kappa shape index (κ1) is 13.5. The van der Waals surface area contributed by atoms with Crippen molar-refractivity contribution in [3.05, 3.63) is 0 Å². The molecule has 1 fully saturated rings. The molecule has 3 heteroatoms. The SMILES string of the molecule is CCCC(CCC)NC(C)C(=O)NC1CC1. The Bertz CT molecular complexity index is 208. The first-order valence-corrected chi connectivity index (χ1v) is 6.73. The lowest BCUT2D eigenvalue weighted by Crippen LogP contribution is -2.47. The van der Waals surface area contributed by atoms with Gasteiger partial charge in [0, 0.05) is 12.1 Å². The highest BCUT2D eigenvalue weighted by Gasteiger charge is 2.26. The topological polar surface area (TPSA) is 41.1 Å². The third kappa shape index (κ3) is 4.97. The normalized spacial score (nSPS) is 17.5. The minimum absolute atomic E-state index is 0.0521. The molecular weight excluding hydrogens is 200 g/mol. The molecule has 94 valence electrons. The molecule has 16 heavy (non-hydrogen) atoms. The van der Waals surface area contributed by atoms with E-state index in [1.54, 1.807) is 0 Å². The zero-order chi connectivity index (χ0) is 12.0. The van der Waals surface area contributed by atoms with E-state index in [9.17, 15) is 4.79 Å². The monoisotopic (exact) mass is 226 g/mol. The van der Waals surface area contributed by atoms with Gasteiger partial charge in [-0.1, -0.05) is 26.7 Å². The quantitative estimate of drug-likeness (QED) is 0.666. The fourth-order valence-corrected chi connectivity index (χ4v) is 1.99. The zero-order valence-corrected chi connectivity index (χ0v) is 10.9. The van der Waals surface area contributed by atoms with Gasteiger partial charge in [-0.2, -0.15) is 0 Å². The van der Waals surface area contributed by atoms with Crippen molar-refractivity contribution >= 4 is 5.91 Å². The van der Waals surface area contributed by atoms with E-state index < -0.39 is 0 Å². The van der Waals surface area contributed by atoms with E-state index >= 15 is 0 Å². The largest absolute Gasteiger partial charge is 0.352 e. The van der Waals surface area contributed by atoms with Gasteiger partial charge in [0.25, 0.3) is 0 Å². The Morgan fingerprint density at radius 1 is 1.25 bits per heavy atom. The Kier molecular flexibility index (Phi) is 5.81. The van der Waals surface area contributed by atoms with Gasteiger partial charge in [0.05, 0.1) is 6.04 Å². The molecule has 3 nitrogen and oxygen atoms in total. The van der Waals surface area contributed by atoms with Crippen LogP contribution in [-0.2, 0) is 4.79 Å². The van der Waals surface area contributed by atoms with Crippen molar-refractivity contribution in [1.29, 1.82) is 0 Å². The molecule has 1 amide bonds. The van der Waals surface area contributed by atoms with Crippen molar-refractivity contribution in [3.63, 3.8) is 0 Å². The number of amides is 1. The minimum atomic E-state index is -0.0521. The van der Waals surface area contributed by atoms with E-state index in [4.69, 9.17) is 0 Å². The van der Waals surface area contributed by atoms with Crippen molar-refractivity contribution in [3.8, 4) is 0 Å². The summed E-state index contributed by atoms with van der Waals surface area (Å²) in [6.45, 7) is 6.36. The third-order valence-corrected chi connectivity index (χ3v) is 3.08. The van der Waals surface area contributed by atoms with E-state index in [0.29, 0.717) is 12.1 Å². The van der Waals surface area contributed by atoms with E-state index in [1.807, 2.05) is 6.92 Å². The fourth-order valence-electron chi connectivity index (χ4n) is 1.99. The molecule has 0 heterocycles. The molecule has 0 radical (unpaired) electrons. The lowest BCUT2D eigenvalue weighted by molar-refractivity contribution is -0.123. The summed E-state index contributed by atoms with van der Waals surface area (Å²) in [5.74, 6) is 0.166. The molecule has 0 aliphatic heterocycles. The average Bonchev–Trinajstić information content (AvgIpc) is 3.02. The number of carbonyl (C=O) groups excluding carboxylic acids is 1. The van der Waals surface area contributed by atoms with Gasteiger partial charge in [-0.05, 0) is 32.6 Å². The van der Waals surface area contributed by atoms with Crippen molar-refractivity contribution in [2.24, 2.45) is 0 Å². The molecule has 1 atom stereocenters. The number of rotatable bonds is 8. The van der Waals surface area contributed by atoms with E-state index in [-0.39, 0.29) is 11.9 Å². The fraction of sp³-hybridized carbons (Fsp3) is 0.923. The summed E-state index contributed by atoms with van der Waals surface area (Å²) in [6.07, 6.45) is 6.99. The van der Waals surface area contributed by atoms with Crippen LogP contribution in [0, 0.1) is 0 Å². The Morgan fingerprint density at radius 2 is 1.81 bits per heavy atom. The highest BCUT2D eigenvalue weighted by atomic mass is 16.2. The van der Waals surface area contributed by atoms with Gasteiger partial charge in [0.2, 0.25) is 5.91 Å². The van der Waals surface area contributed by atoms with Gasteiger partial charge in [-0.3, -0.25) is 4.79 Å². The first-order valence-electron chi connectivity index (χ1n) is 6.73. The molecular formula is C13H26N2O. The Hall–Kier alpha value is -0.570. The highest BCUT2D eigenvalue weighted by Crippen LogP contribution is 2.18. The van der Waals surface area contributed by atoms with Crippen LogP contribution in [0.4, 0.5) is 0 Å². The van der Waals surface area contributed by atoms with Crippen LogP contribution in [0.2, 0.25) is 0 Å². The lowest BCUT2D eigenvalue weighted by Gasteiger charge is -2.22. The van der Waals surface area contributed by atoms with Crippen molar-refractivity contribution < 1.29 is 4.79 Å². The predicted molar refractivity (Wildman–Crippen MR) is 67.4 cm³/mol. The van der Waals surface area contributed by atoms with Gasteiger partial charge in [-0.15, -0.1) is 0 Å². The number of hydrogen-bond donors (Lipinski definition) is 2. The predicted octanol–water partition coefficient (Wildman–Crippen LogP) is 2.21. The van der Waals surface area contributed by atoms with Gasteiger partial charge in [0.1, 0.15) is 0 Å². The van der Waals surface area contributed by atoms with Crippen LogP contribution >= 0.6 is 0 Å². The first-order chi connectivity index (χ1) is 7.67. The van der Waals surface area contributed by atoms with Crippen LogP contribution in [0.25, 0.3) is 0 Å². The second-order valence-corrected chi connectivity index (χ2v) is 4.95. The van der Waals surface area contributed by atoms with Crippen LogP contribution in [0.3, 0.4) is 0 Å². The van der Waals surface area contributed by atoms with Crippen molar-refractivity contribution in [2.45, 2.75) is 77.4 Å². The summed E-state index contributed by atoms with van der Waals surface area (Å²) in [7, 11) is 0. The van der Waals surface area contributed by atoms with Gasteiger partial charge in [0.15, 0.2) is 0 Å². The van der Waals surface area contributed by atoms with Crippen molar-refractivity contribution in [1.82, 2.24) is 10.6 Å². The Morgan fingerprint density at radius 3 is 2.25 bits per heavy atom. The Balaban J connectivity index is 2.27. The summed E-state index contributed by atoms with van der Waals surface area (Å²) in [6, 6.07) is 0.909. The Labute approximate surface area is 99.4 Å². The molecule has 2 N–H and O–H groups in total. The number of hydrogen-bond acceptors (Lipinski definition) is 2. The van der Waals surface area contributed by atoms with Gasteiger partial charge >= 0.3 is 0 Å². The summed E-state index contributed by atoms with van der Waals surface area (Å²) in [5, 5.41) is 6.48. The van der Waals surface area contributed by atoms with Crippen LogP contribution in [0.15, 0.2) is 0 Å². The third-order valence-electron chi connectivity index (χ3n) is 3.08. The molecule has 0 aromatic rings. The molecule has 1 rings (SSSR count). The molecule has 1 aliphatic rings. The second kappa shape index (κ2) is 6.89. The smallest absolute Gasteiger partial charge is 0.237 e. The summed E-state index contributed by atoms with van der Waals surface area (Å²) >= 11 is 0. The number of nitrogens with one attached hydrogen (secondary N) is 2. The summed E-state index contributed by atoms with van der Waals surface area (Å²) < 4.78 is 0. The molecule has 0 saturated heterocycles. The second-order valence-electron chi connectivity index (χ2n) is 4.95. The maximum atomic E-state index is 11.8. The van der Waals surface area contributed by atoms with Crippen molar-refractivity contribution in [2.75, 3.05) is 0 Å². The van der Waals surface area contributed by atoms with Gasteiger partial charge in [-0.25, -0.2) is 0 Å². The zero-order valence-electron chi connectivity index (χ0n) is 10.9. The average molecular weight is 226 g/mol. The molecule has 0 aromatic carbocycles. The molecule has 1 unspecified atom stereocenters. The van der Waals surface area contributed by atoms with E-state index in [2.05, 4.69) is 24.5 Å². The molecule has 1 aliphatic carbocycles. The molecule has 1 saturated carbocycles. The van der Waals surface area contributed by atoms with Crippen LogP contribution in [0.5, 0.6) is 0 Å². The lowest BCUT2D eigenvalue weighted by atomic mass is 10.1. The standard InChI is InChI=1S/C13H26N2O/c1-4-6-11(7-5-2)14-10(3)13(16)15-12-8-9-12/h10-12,14H,4-9H2,1-3H3,(H,15,16). The van der Waals surface area contributed by atoms with E-state index in [0.717, 1.165) is 25.7 Å². The summed E-state index contributed by atoms with van der Waals surface area (Å²) in [4.78, 5) is 11.8. The van der Waals surface area contributed by atoms with E-state index in [1.165, 1.54) is 12.8 Å². The molecule has 0 aromatic heterocycles. The summed E-state index contributed by atoms with van der Waals surface area (Å²) in [5.41, 5.74) is 0. The van der Waals surface area contributed by atoms with Gasteiger partial charge < -0.3 is 10.6 Å². The molecule has 0 spiro atoms. The minimum Gasteiger partial charge on any atom is -0.352 e. The number of carbonyl (C=O) groups is 1. The molecule has 0 bridgehead atoms. The van der Waals surface area contributed by atoms with Crippen LogP contribution in [-0.4, -0.2) is 24.0 Å². The van der Waals surface area contributed by atoms with Crippen LogP contribution in [0.1, 0.15) is 59.3 Å². The maximum Gasteiger partial charge on any atom is 0.237 e. The maximum absolute atomic E-state index is 11.8.